The fraction of sp³-hybridized carbons (Fsp3) is 0.600. The summed E-state index contributed by atoms with van der Waals surface area (Å²) < 4.78 is 5.31. The second kappa shape index (κ2) is 5.54. The number of methoxy groups -OCH3 is 1. The molecule has 0 radical (unpaired) electrons. The smallest absolute Gasteiger partial charge is 0.119 e. The Morgan fingerprint density at radius 2 is 2.18 bits per heavy atom. The minimum atomic E-state index is 0.656. The van der Waals surface area contributed by atoms with Crippen LogP contribution in [0.3, 0.4) is 0 Å². The van der Waals surface area contributed by atoms with Crippen molar-refractivity contribution in [2.75, 3.05) is 20.2 Å². The number of benzene rings is 1. The van der Waals surface area contributed by atoms with Gasteiger partial charge in [-0.2, -0.15) is 0 Å². The second-order valence-corrected chi connectivity index (χ2v) is 5.20. The SMILES string of the molecule is COc1cccc(C2CCCN(C(C)C)C2)c1. The maximum absolute atomic E-state index is 5.31. The maximum Gasteiger partial charge on any atom is 0.119 e. The minimum absolute atomic E-state index is 0.656. The molecule has 1 unspecified atom stereocenters. The third-order valence-electron chi connectivity index (χ3n) is 3.75. The van der Waals surface area contributed by atoms with Crippen LogP contribution in [0.1, 0.15) is 38.2 Å². The molecule has 0 N–H and O–H groups in total. The van der Waals surface area contributed by atoms with Gasteiger partial charge in [-0.1, -0.05) is 12.1 Å². The zero-order valence-electron chi connectivity index (χ0n) is 11.1. The van der Waals surface area contributed by atoms with E-state index in [9.17, 15) is 0 Å². The van der Waals surface area contributed by atoms with E-state index in [-0.39, 0.29) is 0 Å². The first-order chi connectivity index (χ1) is 8.20. The maximum atomic E-state index is 5.31. The molecule has 0 spiro atoms. The molecule has 17 heavy (non-hydrogen) atoms. The molecule has 2 rings (SSSR count). The van der Waals surface area contributed by atoms with Gasteiger partial charge in [0.25, 0.3) is 0 Å². The van der Waals surface area contributed by atoms with Gasteiger partial charge in [-0.15, -0.1) is 0 Å². The fourth-order valence-electron chi connectivity index (χ4n) is 2.64. The van der Waals surface area contributed by atoms with Crippen LogP contribution in [0.5, 0.6) is 5.75 Å². The largest absolute Gasteiger partial charge is 0.497 e. The zero-order chi connectivity index (χ0) is 12.3. The van der Waals surface area contributed by atoms with Crippen LogP contribution in [0.15, 0.2) is 24.3 Å². The first-order valence-corrected chi connectivity index (χ1v) is 6.58. The Balaban J connectivity index is 2.10. The monoisotopic (exact) mass is 233 g/mol. The van der Waals surface area contributed by atoms with E-state index in [2.05, 4.69) is 36.9 Å². The average Bonchev–Trinajstić information content (AvgIpc) is 2.39. The Kier molecular flexibility index (Phi) is 4.06. The fourth-order valence-corrected chi connectivity index (χ4v) is 2.64. The highest BCUT2D eigenvalue weighted by Crippen LogP contribution is 2.29. The van der Waals surface area contributed by atoms with Crippen molar-refractivity contribution in [1.82, 2.24) is 4.90 Å². The molecule has 2 heteroatoms. The summed E-state index contributed by atoms with van der Waals surface area (Å²) in [6.45, 7) is 7.00. The molecule has 1 aromatic rings. The van der Waals surface area contributed by atoms with E-state index in [0.29, 0.717) is 12.0 Å². The highest BCUT2D eigenvalue weighted by atomic mass is 16.5. The van der Waals surface area contributed by atoms with E-state index >= 15 is 0 Å². The lowest BCUT2D eigenvalue weighted by Crippen LogP contribution is -2.39. The summed E-state index contributed by atoms with van der Waals surface area (Å²) >= 11 is 0. The Morgan fingerprint density at radius 1 is 1.35 bits per heavy atom. The van der Waals surface area contributed by atoms with Gasteiger partial charge in [0, 0.05) is 12.6 Å². The zero-order valence-corrected chi connectivity index (χ0v) is 11.1. The number of nitrogens with zero attached hydrogens (tertiary/aromatic N) is 1. The third kappa shape index (κ3) is 3.01. The van der Waals surface area contributed by atoms with E-state index in [1.165, 1.54) is 31.5 Å². The van der Waals surface area contributed by atoms with Crippen molar-refractivity contribution < 1.29 is 4.74 Å². The van der Waals surface area contributed by atoms with Crippen molar-refractivity contribution in [3.8, 4) is 5.75 Å². The number of rotatable bonds is 3. The molecule has 1 atom stereocenters. The van der Waals surface area contributed by atoms with Crippen LogP contribution in [0.25, 0.3) is 0 Å². The predicted molar refractivity (Wildman–Crippen MR) is 71.7 cm³/mol. The van der Waals surface area contributed by atoms with Crippen molar-refractivity contribution in [3.63, 3.8) is 0 Å². The molecule has 0 saturated carbocycles. The molecule has 2 nitrogen and oxygen atoms in total. The molecule has 1 heterocycles. The van der Waals surface area contributed by atoms with Crippen LogP contribution in [0.2, 0.25) is 0 Å². The summed E-state index contributed by atoms with van der Waals surface area (Å²) in [6.07, 6.45) is 2.61. The number of likely N-dealkylation sites (tertiary alicyclic amines) is 1. The molecule has 0 aromatic heterocycles. The van der Waals surface area contributed by atoms with Crippen LogP contribution >= 0.6 is 0 Å². The standard InChI is InChI=1S/C15H23NO/c1-12(2)16-9-5-7-14(11-16)13-6-4-8-15(10-13)17-3/h4,6,8,10,12,14H,5,7,9,11H2,1-3H3. The van der Waals surface area contributed by atoms with Gasteiger partial charge < -0.3 is 9.64 Å². The second-order valence-electron chi connectivity index (χ2n) is 5.20. The van der Waals surface area contributed by atoms with Gasteiger partial charge >= 0.3 is 0 Å². The van der Waals surface area contributed by atoms with Crippen LogP contribution in [-0.2, 0) is 0 Å². The van der Waals surface area contributed by atoms with E-state index in [1.54, 1.807) is 7.11 Å². The van der Waals surface area contributed by atoms with Gasteiger partial charge in [0.05, 0.1) is 7.11 Å². The van der Waals surface area contributed by atoms with Crippen molar-refractivity contribution in [2.45, 2.75) is 38.6 Å². The molecule has 0 aliphatic carbocycles. The summed E-state index contributed by atoms with van der Waals surface area (Å²) in [5.74, 6) is 1.64. The molecular weight excluding hydrogens is 210 g/mol. The lowest BCUT2D eigenvalue weighted by atomic mass is 9.90. The molecule has 1 aliphatic heterocycles. The van der Waals surface area contributed by atoms with Crippen LogP contribution in [-0.4, -0.2) is 31.1 Å². The first kappa shape index (κ1) is 12.4. The minimum Gasteiger partial charge on any atom is -0.497 e. The Labute approximate surface area is 105 Å². The van der Waals surface area contributed by atoms with Gasteiger partial charge in [-0.25, -0.2) is 0 Å². The Morgan fingerprint density at radius 3 is 2.88 bits per heavy atom. The molecular formula is C15H23NO. The topological polar surface area (TPSA) is 12.5 Å². The van der Waals surface area contributed by atoms with Crippen molar-refractivity contribution in [1.29, 1.82) is 0 Å². The van der Waals surface area contributed by atoms with Gasteiger partial charge in [-0.05, 0) is 56.8 Å². The third-order valence-corrected chi connectivity index (χ3v) is 3.75. The van der Waals surface area contributed by atoms with E-state index in [1.807, 2.05) is 6.07 Å². The lowest BCUT2D eigenvalue weighted by Gasteiger charge is -2.35. The van der Waals surface area contributed by atoms with Crippen LogP contribution in [0.4, 0.5) is 0 Å². The number of ether oxygens (including phenoxy) is 1. The molecule has 1 aromatic carbocycles. The van der Waals surface area contributed by atoms with Crippen LogP contribution < -0.4 is 4.74 Å². The molecule has 1 saturated heterocycles. The Bertz CT molecular complexity index is 362. The van der Waals surface area contributed by atoms with Crippen LogP contribution in [0, 0.1) is 0 Å². The van der Waals surface area contributed by atoms with Gasteiger partial charge in [0.15, 0.2) is 0 Å². The van der Waals surface area contributed by atoms with E-state index in [4.69, 9.17) is 4.74 Å². The lowest BCUT2D eigenvalue weighted by molar-refractivity contribution is 0.167. The molecule has 1 aliphatic rings. The molecule has 94 valence electrons. The average molecular weight is 233 g/mol. The quantitative estimate of drug-likeness (QED) is 0.794. The summed E-state index contributed by atoms with van der Waals surface area (Å²) in [4.78, 5) is 2.58. The van der Waals surface area contributed by atoms with Gasteiger partial charge in [0.2, 0.25) is 0 Å². The Hall–Kier alpha value is -1.02. The summed E-state index contributed by atoms with van der Waals surface area (Å²) in [5, 5.41) is 0. The molecule has 0 amide bonds. The number of hydrogen-bond acceptors (Lipinski definition) is 2. The highest BCUT2D eigenvalue weighted by molar-refractivity contribution is 5.31. The summed E-state index contributed by atoms with van der Waals surface area (Å²) in [6, 6.07) is 9.20. The molecule has 1 fully saturated rings. The van der Waals surface area contributed by atoms with Crippen molar-refractivity contribution >= 4 is 0 Å². The van der Waals surface area contributed by atoms with Gasteiger partial charge in [0.1, 0.15) is 5.75 Å². The summed E-state index contributed by atoms with van der Waals surface area (Å²) in [7, 11) is 1.74. The van der Waals surface area contributed by atoms with E-state index < -0.39 is 0 Å². The predicted octanol–water partition coefficient (Wildman–Crippen LogP) is 3.28. The number of piperidine rings is 1. The van der Waals surface area contributed by atoms with Gasteiger partial charge in [-0.3, -0.25) is 0 Å². The highest BCUT2D eigenvalue weighted by Gasteiger charge is 2.22. The van der Waals surface area contributed by atoms with Crippen molar-refractivity contribution in [3.05, 3.63) is 29.8 Å². The first-order valence-electron chi connectivity index (χ1n) is 6.58. The molecule has 0 bridgehead atoms. The number of hydrogen-bond donors (Lipinski definition) is 0. The summed E-state index contributed by atoms with van der Waals surface area (Å²) in [5.41, 5.74) is 1.43. The normalized spacial score (nSPS) is 21.8. The van der Waals surface area contributed by atoms with E-state index in [0.717, 1.165) is 5.75 Å². The van der Waals surface area contributed by atoms with Crippen molar-refractivity contribution in [2.24, 2.45) is 0 Å².